The van der Waals surface area contributed by atoms with E-state index in [9.17, 15) is 0 Å². The molecule has 5 nitrogen and oxygen atoms in total. The molecule has 0 saturated heterocycles. The molecule has 0 aliphatic rings. The summed E-state index contributed by atoms with van der Waals surface area (Å²) in [5.41, 5.74) is 4.51. The van der Waals surface area contributed by atoms with Gasteiger partial charge in [-0.25, -0.2) is 0 Å². The molecule has 0 aliphatic heterocycles. The van der Waals surface area contributed by atoms with Crippen LogP contribution in [0, 0.1) is 0 Å². The average molecular weight is 419 g/mol. The van der Waals surface area contributed by atoms with Crippen molar-refractivity contribution in [2.24, 2.45) is 0 Å². The van der Waals surface area contributed by atoms with Crippen LogP contribution in [-0.4, -0.2) is 14.8 Å². The van der Waals surface area contributed by atoms with Crippen LogP contribution in [0.4, 0.5) is 0 Å². The Labute approximate surface area is 181 Å². The Hall–Kier alpha value is -3.15. The fraction of sp³-hybridized carbons (Fsp3) is 0.167. The van der Waals surface area contributed by atoms with Gasteiger partial charge in [0.25, 0.3) is 0 Å². The predicted molar refractivity (Wildman–Crippen MR) is 118 cm³/mol. The molecule has 0 aliphatic carbocycles. The summed E-state index contributed by atoms with van der Waals surface area (Å²) in [6.45, 7) is 2.68. The summed E-state index contributed by atoms with van der Waals surface area (Å²) >= 11 is 6.21. The smallest absolute Gasteiger partial charge is 0.124 e. The summed E-state index contributed by atoms with van der Waals surface area (Å²) in [4.78, 5) is 4.13. The van der Waals surface area contributed by atoms with Gasteiger partial charge in [0.1, 0.15) is 12.4 Å². The van der Waals surface area contributed by atoms with Gasteiger partial charge in [0.2, 0.25) is 0 Å². The summed E-state index contributed by atoms with van der Waals surface area (Å²) in [7, 11) is 0. The number of hydrogen-bond acceptors (Lipinski definition) is 4. The fourth-order valence-corrected chi connectivity index (χ4v) is 3.35. The number of benzene rings is 2. The van der Waals surface area contributed by atoms with Crippen molar-refractivity contribution >= 4 is 11.6 Å². The molecule has 0 bridgehead atoms. The van der Waals surface area contributed by atoms with Gasteiger partial charge >= 0.3 is 0 Å². The van der Waals surface area contributed by atoms with Crippen molar-refractivity contribution < 1.29 is 4.74 Å². The third-order valence-corrected chi connectivity index (χ3v) is 4.95. The second-order valence-corrected chi connectivity index (χ2v) is 7.46. The molecule has 4 rings (SSSR count). The molecule has 30 heavy (non-hydrogen) atoms. The molecule has 0 amide bonds. The Kier molecular flexibility index (Phi) is 6.75. The third kappa shape index (κ3) is 5.69. The van der Waals surface area contributed by atoms with Crippen molar-refractivity contribution in [2.75, 3.05) is 0 Å². The zero-order valence-electron chi connectivity index (χ0n) is 16.5. The maximum Gasteiger partial charge on any atom is 0.124 e. The number of halogens is 1. The van der Waals surface area contributed by atoms with Crippen molar-refractivity contribution in [2.45, 2.75) is 26.2 Å². The molecular formula is C24H23ClN4O. The number of rotatable bonds is 9. The van der Waals surface area contributed by atoms with Gasteiger partial charge in [-0.3, -0.25) is 9.67 Å². The molecule has 0 saturated carbocycles. The van der Waals surface area contributed by atoms with E-state index in [4.69, 9.17) is 16.3 Å². The lowest BCUT2D eigenvalue weighted by Gasteiger charge is -2.13. The van der Waals surface area contributed by atoms with Crippen molar-refractivity contribution in [1.82, 2.24) is 20.1 Å². The number of hydrogen-bond donors (Lipinski definition) is 1. The summed E-state index contributed by atoms with van der Waals surface area (Å²) in [6.07, 6.45) is 7.33. The molecule has 1 N–H and O–H groups in total. The first-order valence-corrected chi connectivity index (χ1v) is 10.2. The maximum absolute atomic E-state index is 6.21. The van der Waals surface area contributed by atoms with Crippen molar-refractivity contribution in [3.8, 4) is 5.75 Å². The summed E-state index contributed by atoms with van der Waals surface area (Å²) in [6, 6.07) is 20.1. The molecule has 6 heteroatoms. The van der Waals surface area contributed by atoms with E-state index in [2.05, 4.69) is 39.7 Å². The van der Waals surface area contributed by atoms with Gasteiger partial charge in [0.05, 0.1) is 6.54 Å². The molecule has 0 unspecified atom stereocenters. The molecule has 0 radical (unpaired) electrons. The van der Waals surface area contributed by atoms with Crippen molar-refractivity contribution in [3.63, 3.8) is 0 Å². The second-order valence-electron chi connectivity index (χ2n) is 7.03. The van der Waals surface area contributed by atoms with Gasteiger partial charge in [-0.05, 0) is 41.5 Å². The van der Waals surface area contributed by atoms with Crippen LogP contribution >= 0.6 is 11.6 Å². The Balaban J connectivity index is 1.32. The van der Waals surface area contributed by atoms with E-state index < -0.39 is 0 Å². The van der Waals surface area contributed by atoms with E-state index in [1.54, 1.807) is 12.4 Å². The monoisotopic (exact) mass is 418 g/mol. The van der Waals surface area contributed by atoms with Crippen molar-refractivity contribution in [1.29, 1.82) is 0 Å². The van der Waals surface area contributed by atoms with Crippen LogP contribution in [0.5, 0.6) is 5.75 Å². The number of aromatic nitrogens is 3. The number of nitrogens with zero attached hydrogens (tertiary/aromatic N) is 3. The number of pyridine rings is 1. The van der Waals surface area contributed by atoms with Gasteiger partial charge < -0.3 is 10.1 Å². The lowest BCUT2D eigenvalue weighted by molar-refractivity contribution is 0.301. The van der Waals surface area contributed by atoms with Gasteiger partial charge in [0.15, 0.2) is 0 Å². The Morgan fingerprint density at radius 2 is 1.77 bits per heavy atom. The normalized spacial score (nSPS) is 10.8. The molecule has 2 heterocycles. The Bertz CT molecular complexity index is 1050. The molecule has 0 fully saturated rings. The molecule has 2 aromatic carbocycles. The van der Waals surface area contributed by atoms with Gasteiger partial charge in [0, 0.05) is 54.0 Å². The first kappa shape index (κ1) is 20.1. The highest BCUT2D eigenvalue weighted by Gasteiger charge is 2.06. The van der Waals surface area contributed by atoms with Crippen LogP contribution in [0.3, 0.4) is 0 Å². The first-order valence-electron chi connectivity index (χ1n) is 9.82. The SMILES string of the molecule is Clc1ccc(OCc2cccnc2)c(CNCc2ccc(Cn3cccn3)cc2)c1. The number of ether oxygens (including phenoxy) is 1. The minimum atomic E-state index is 0.472. The molecule has 2 aromatic heterocycles. The van der Waals surface area contributed by atoms with Crippen LogP contribution in [-0.2, 0) is 26.2 Å². The van der Waals surface area contributed by atoms with E-state index >= 15 is 0 Å². The first-order chi connectivity index (χ1) is 14.8. The van der Waals surface area contributed by atoms with Crippen LogP contribution < -0.4 is 10.1 Å². The average Bonchev–Trinajstić information content (AvgIpc) is 3.28. The summed E-state index contributed by atoms with van der Waals surface area (Å²) in [5, 5.41) is 8.42. The van der Waals surface area contributed by atoms with E-state index in [0.29, 0.717) is 18.2 Å². The van der Waals surface area contributed by atoms with Gasteiger partial charge in [-0.2, -0.15) is 5.10 Å². The third-order valence-electron chi connectivity index (χ3n) is 4.71. The standard InChI is InChI=1S/C24H23ClN4O/c25-23-8-9-24(30-18-21-3-1-10-26-15-21)22(13-23)16-27-14-19-4-6-20(7-5-19)17-29-12-2-11-28-29/h1-13,15,27H,14,16-18H2. The highest BCUT2D eigenvalue weighted by Crippen LogP contribution is 2.24. The van der Waals surface area contributed by atoms with Gasteiger partial charge in [-0.15, -0.1) is 0 Å². The zero-order chi connectivity index (χ0) is 20.6. The fourth-order valence-electron chi connectivity index (χ4n) is 3.16. The highest BCUT2D eigenvalue weighted by atomic mass is 35.5. The van der Waals surface area contributed by atoms with E-state index in [1.807, 2.05) is 53.5 Å². The topological polar surface area (TPSA) is 52.0 Å². The van der Waals surface area contributed by atoms with E-state index in [0.717, 1.165) is 30.0 Å². The molecule has 4 aromatic rings. The number of nitrogens with one attached hydrogen (secondary N) is 1. The van der Waals surface area contributed by atoms with Crippen LogP contribution in [0.2, 0.25) is 5.02 Å². The summed E-state index contributed by atoms with van der Waals surface area (Å²) < 4.78 is 7.92. The minimum Gasteiger partial charge on any atom is -0.489 e. The molecular weight excluding hydrogens is 396 g/mol. The molecule has 0 spiro atoms. The quantitative estimate of drug-likeness (QED) is 0.422. The predicted octanol–water partition coefficient (Wildman–Crippen LogP) is 4.85. The second kappa shape index (κ2) is 10.1. The van der Waals surface area contributed by atoms with Crippen LogP contribution in [0.1, 0.15) is 22.3 Å². The lowest BCUT2D eigenvalue weighted by atomic mass is 10.1. The highest BCUT2D eigenvalue weighted by molar-refractivity contribution is 6.30. The van der Waals surface area contributed by atoms with E-state index in [-0.39, 0.29) is 0 Å². The van der Waals surface area contributed by atoms with Crippen LogP contribution in [0.15, 0.2) is 85.5 Å². The van der Waals surface area contributed by atoms with Gasteiger partial charge in [-0.1, -0.05) is 41.9 Å². The molecule has 0 atom stereocenters. The maximum atomic E-state index is 6.21. The molecule has 152 valence electrons. The zero-order valence-corrected chi connectivity index (χ0v) is 17.3. The Morgan fingerprint density at radius 1 is 0.900 bits per heavy atom. The minimum absolute atomic E-state index is 0.472. The van der Waals surface area contributed by atoms with Crippen molar-refractivity contribution in [3.05, 3.63) is 113 Å². The largest absolute Gasteiger partial charge is 0.489 e. The van der Waals surface area contributed by atoms with Crippen LogP contribution in [0.25, 0.3) is 0 Å². The van der Waals surface area contributed by atoms with E-state index in [1.165, 1.54) is 11.1 Å². The Morgan fingerprint density at radius 3 is 2.53 bits per heavy atom. The summed E-state index contributed by atoms with van der Waals surface area (Å²) in [5.74, 6) is 0.824. The lowest BCUT2D eigenvalue weighted by Crippen LogP contribution is -2.14.